The van der Waals surface area contributed by atoms with Crippen molar-refractivity contribution in [3.8, 4) is 0 Å². The first kappa shape index (κ1) is 11.5. The third-order valence-electron chi connectivity index (χ3n) is 2.92. The third kappa shape index (κ3) is 2.50. The Morgan fingerprint density at radius 3 is 1.73 bits per heavy atom. The smallest absolute Gasteiger partial charge is 0.00441 e. The summed E-state index contributed by atoms with van der Waals surface area (Å²) in [5.74, 6) is 2.03. The first-order valence-corrected chi connectivity index (χ1v) is 4.10. The molecule has 0 aliphatic heterocycles. The van der Waals surface area contributed by atoms with Crippen LogP contribution in [0.25, 0.3) is 0 Å². The first-order chi connectivity index (χ1) is 4.34. The van der Waals surface area contributed by atoms with E-state index in [0.29, 0.717) is 6.04 Å². The van der Waals surface area contributed by atoms with E-state index in [1.165, 1.54) is 32.1 Å². The average molecular weight is 198 g/mol. The molecule has 2 unspecified atom stereocenters. The van der Waals surface area contributed by atoms with Crippen molar-refractivity contribution < 1.29 is 0 Å². The summed E-state index contributed by atoms with van der Waals surface area (Å²) >= 11 is 0. The van der Waals surface area contributed by atoms with E-state index in [4.69, 9.17) is 5.73 Å². The van der Waals surface area contributed by atoms with Crippen molar-refractivity contribution in [3.05, 3.63) is 0 Å². The topological polar surface area (TPSA) is 26.0 Å². The molecule has 0 spiro atoms. The third-order valence-corrected chi connectivity index (χ3v) is 2.92. The van der Waals surface area contributed by atoms with Crippen molar-refractivity contribution in [2.75, 3.05) is 0 Å². The highest BCUT2D eigenvalue weighted by atomic mass is 35.5. The molecule has 2 aliphatic carbocycles. The summed E-state index contributed by atoms with van der Waals surface area (Å²) in [7, 11) is 0. The van der Waals surface area contributed by atoms with Gasteiger partial charge in [-0.2, -0.15) is 0 Å². The van der Waals surface area contributed by atoms with Gasteiger partial charge in [0.2, 0.25) is 0 Å². The van der Waals surface area contributed by atoms with Crippen LogP contribution in [0.4, 0.5) is 0 Å². The molecular formula is C8H17Cl2N. The standard InChI is InChI=1S/C8H15N.2ClH/c9-8-4-6-1-2-7(3-6)5-8;;/h6-8H,1-5,9H2;2*1H. The lowest BCUT2D eigenvalue weighted by molar-refractivity contribution is 0.320. The SMILES string of the molecule is Cl.Cl.NC1CC2CCC(C1)C2. The fourth-order valence-corrected chi connectivity index (χ4v) is 2.56. The molecule has 0 amide bonds. The van der Waals surface area contributed by atoms with Crippen LogP contribution in [-0.4, -0.2) is 6.04 Å². The second-order valence-electron chi connectivity index (χ2n) is 3.78. The fourth-order valence-electron chi connectivity index (χ4n) is 2.56. The number of hydrogen-bond acceptors (Lipinski definition) is 1. The zero-order valence-electron chi connectivity index (χ0n) is 6.66. The van der Waals surface area contributed by atoms with Gasteiger partial charge in [0.15, 0.2) is 0 Å². The maximum atomic E-state index is 5.86. The summed E-state index contributed by atoms with van der Waals surface area (Å²) in [6, 6.07) is 0.552. The Morgan fingerprint density at radius 1 is 0.818 bits per heavy atom. The molecule has 11 heavy (non-hydrogen) atoms. The molecule has 0 aromatic rings. The van der Waals surface area contributed by atoms with Crippen molar-refractivity contribution in [2.24, 2.45) is 17.6 Å². The molecule has 3 heteroatoms. The minimum atomic E-state index is 0. The largest absolute Gasteiger partial charge is 0.328 e. The van der Waals surface area contributed by atoms with Gasteiger partial charge in [0.05, 0.1) is 0 Å². The number of rotatable bonds is 0. The molecule has 2 bridgehead atoms. The molecule has 0 saturated heterocycles. The molecule has 0 radical (unpaired) electrons. The number of hydrogen-bond donors (Lipinski definition) is 1. The van der Waals surface area contributed by atoms with Crippen LogP contribution in [0, 0.1) is 11.8 Å². The molecule has 0 aromatic carbocycles. The van der Waals surface area contributed by atoms with Crippen LogP contribution in [0.2, 0.25) is 0 Å². The molecule has 0 heterocycles. The van der Waals surface area contributed by atoms with Gasteiger partial charge in [-0.05, 0) is 31.1 Å². The maximum absolute atomic E-state index is 5.86. The molecule has 2 fully saturated rings. The quantitative estimate of drug-likeness (QED) is 0.635. The lowest BCUT2D eigenvalue weighted by Crippen LogP contribution is -2.28. The molecule has 68 valence electrons. The minimum absolute atomic E-state index is 0. The van der Waals surface area contributed by atoms with E-state index in [1.807, 2.05) is 0 Å². The van der Waals surface area contributed by atoms with Gasteiger partial charge in [-0.1, -0.05) is 12.8 Å². The second kappa shape index (κ2) is 4.54. The number of nitrogens with two attached hydrogens (primary N) is 1. The van der Waals surface area contributed by atoms with Crippen LogP contribution < -0.4 is 5.73 Å². The molecular weight excluding hydrogens is 181 g/mol. The molecule has 2 rings (SSSR count). The second-order valence-corrected chi connectivity index (χ2v) is 3.78. The monoisotopic (exact) mass is 197 g/mol. The van der Waals surface area contributed by atoms with Gasteiger partial charge < -0.3 is 5.73 Å². The fraction of sp³-hybridized carbons (Fsp3) is 1.00. The Morgan fingerprint density at radius 2 is 1.27 bits per heavy atom. The molecule has 2 N–H and O–H groups in total. The zero-order chi connectivity index (χ0) is 6.27. The number of halogens is 2. The lowest BCUT2D eigenvalue weighted by atomic mass is 9.86. The van der Waals surface area contributed by atoms with Crippen LogP contribution in [-0.2, 0) is 0 Å². The summed E-state index contributed by atoms with van der Waals surface area (Å²) in [4.78, 5) is 0. The van der Waals surface area contributed by atoms with Crippen LogP contribution >= 0.6 is 24.8 Å². The summed E-state index contributed by atoms with van der Waals surface area (Å²) in [5, 5.41) is 0. The summed E-state index contributed by atoms with van der Waals surface area (Å²) in [6.07, 6.45) is 7.07. The van der Waals surface area contributed by atoms with E-state index < -0.39 is 0 Å². The van der Waals surface area contributed by atoms with Gasteiger partial charge in [-0.3, -0.25) is 0 Å². The molecule has 1 nitrogen and oxygen atoms in total. The Balaban J connectivity index is 0.000000500. The van der Waals surface area contributed by atoms with Crippen LogP contribution in [0.15, 0.2) is 0 Å². The van der Waals surface area contributed by atoms with E-state index in [2.05, 4.69) is 0 Å². The lowest BCUT2D eigenvalue weighted by Gasteiger charge is -2.23. The van der Waals surface area contributed by atoms with E-state index >= 15 is 0 Å². The van der Waals surface area contributed by atoms with Gasteiger partial charge in [0.1, 0.15) is 0 Å². The van der Waals surface area contributed by atoms with Crippen molar-refractivity contribution in [2.45, 2.75) is 38.1 Å². The van der Waals surface area contributed by atoms with Crippen molar-refractivity contribution in [3.63, 3.8) is 0 Å². The molecule has 2 atom stereocenters. The highest BCUT2D eigenvalue weighted by Gasteiger charge is 2.31. The van der Waals surface area contributed by atoms with E-state index in [1.54, 1.807) is 0 Å². The van der Waals surface area contributed by atoms with Gasteiger partial charge in [0, 0.05) is 6.04 Å². The van der Waals surface area contributed by atoms with Gasteiger partial charge in [0.25, 0.3) is 0 Å². The van der Waals surface area contributed by atoms with Gasteiger partial charge in [-0.15, -0.1) is 24.8 Å². The number of fused-ring (bicyclic) bond motifs is 2. The van der Waals surface area contributed by atoms with Crippen LogP contribution in [0.3, 0.4) is 0 Å². The Hall–Kier alpha value is 0.540. The zero-order valence-corrected chi connectivity index (χ0v) is 8.29. The molecule has 2 saturated carbocycles. The molecule has 0 aromatic heterocycles. The summed E-state index contributed by atoms with van der Waals surface area (Å²) < 4.78 is 0. The normalized spacial score (nSPS) is 40.6. The van der Waals surface area contributed by atoms with E-state index in [9.17, 15) is 0 Å². The van der Waals surface area contributed by atoms with Crippen LogP contribution in [0.1, 0.15) is 32.1 Å². The predicted molar refractivity (Wildman–Crippen MR) is 52.5 cm³/mol. The van der Waals surface area contributed by atoms with E-state index in [0.717, 1.165) is 11.8 Å². The summed E-state index contributed by atoms with van der Waals surface area (Å²) in [6.45, 7) is 0. The van der Waals surface area contributed by atoms with Crippen molar-refractivity contribution in [1.29, 1.82) is 0 Å². The van der Waals surface area contributed by atoms with Gasteiger partial charge >= 0.3 is 0 Å². The molecule has 2 aliphatic rings. The maximum Gasteiger partial charge on any atom is 0.00441 e. The van der Waals surface area contributed by atoms with Crippen LogP contribution in [0.5, 0.6) is 0 Å². The highest BCUT2D eigenvalue weighted by molar-refractivity contribution is 5.85. The first-order valence-electron chi connectivity index (χ1n) is 4.10. The Labute approximate surface area is 80.9 Å². The summed E-state index contributed by atoms with van der Waals surface area (Å²) in [5.41, 5.74) is 5.86. The Bertz CT molecular complexity index is 107. The highest BCUT2D eigenvalue weighted by Crippen LogP contribution is 2.41. The Kier molecular flexibility index (Phi) is 4.76. The minimum Gasteiger partial charge on any atom is -0.328 e. The predicted octanol–water partition coefficient (Wildman–Crippen LogP) is 2.37. The van der Waals surface area contributed by atoms with Gasteiger partial charge in [-0.25, -0.2) is 0 Å². The average Bonchev–Trinajstić information content (AvgIpc) is 2.11. The van der Waals surface area contributed by atoms with Crippen molar-refractivity contribution in [1.82, 2.24) is 0 Å². The van der Waals surface area contributed by atoms with Crippen molar-refractivity contribution >= 4 is 24.8 Å². The van der Waals surface area contributed by atoms with E-state index in [-0.39, 0.29) is 24.8 Å².